The zero-order valence-corrected chi connectivity index (χ0v) is 18.5. The molecule has 5 rings (SSSR count). The molecular formula is C23H26F3N3O5. The van der Waals surface area contributed by atoms with Crippen LogP contribution in [-0.2, 0) is 29.0 Å². The van der Waals surface area contributed by atoms with Gasteiger partial charge in [-0.3, -0.25) is 4.79 Å². The normalized spacial score (nSPS) is 24.0. The second kappa shape index (κ2) is 9.46. The molecule has 0 saturated carbocycles. The van der Waals surface area contributed by atoms with Gasteiger partial charge in [0.2, 0.25) is 5.88 Å². The summed E-state index contributed by atoms with van der Waals surface area (Å²) < 4.78 is 60.6. The van der Waals surface area contributed by atoms with Gasteiger partial charge in [0.1, 0.15) is 25.1 Å². The second-order valence-electron chi connectivity index (χ2n) is 8.90. The van der Waals surface area contributed by atoms with Crippen LogP contribution in [0.2, 0.25) is 0 Å². The van der Waals surface area contributed by atoms with Crippen molar-refractivity contribution < 1.29 is 36.9 Å². The Morgan fingerprint density at radius 3 is 2.91 bits per heavy atom. The molecule has 1 amide bonds. The molecule has 0 radical (unpaired) electrons. The first kappa shape index (κ1) is 23.0. The van der Waals surface area contributed by atoms with Gasteiger partial charge in [0.05, 0.1) is 19.3 Å². The van der Waals surface area contributed by atoms with E-state index < -0.39 is 12.8 Å². The maximum atomic E-state index is 12.8. The fourth-order valence-electron chi connectivity index (χ4n) is 4.58. The highest BCUT2D eigenvalue weighted by Crippen LogP contribution is 2.30. The summed E-state index contributed by atoms with van der Waals surface area (Å²) in [5.74, 6) is 1.27. The first-order valence-electron chi connectivity index (χ1n) is 11.4. The summed E-state index contributed by atoms with van der Waals surface area (Å²) >= 11 is 0. The van der Waals surface area contributed by atoms with E-state index in [0.29, 0.717) is 42.7 Å². The van der Waals surface area contributed by atoms with Crippen molar-refractivity contribution in [2.45, 2.75) is 50.7 Å². The quantitative estimate of drug-likeness (QED) is 0.683. The van der Waals surface area contributed by atoms with Gasteiger partial charge in [-0.15, -0.1) is 0 Å². The van der Waals surface area contributed by atoms with Crippen LogP contribution >= 0.6 is 0 Å². The number of amides is 1. The fraction of sp³-hybridized carbons (Fsp3) is 0.565. The third-order valence-electron chi connectivity index (χ3n) is 6.26. The van der Waals surface area contributed by atoms with Crippen molar-refractivity contribution in [3.63, 3.8) is 0 Å². The fourth-order valence-corrected chi connectivity index (χ4v) is 4.58. The van der Waals surface area contributed by atoms with Crippen LogP contribution in [-0.4, -0.2) is 60.4 Å². The summed E-state index contributed by atoms with van der Waals surface area (Å²) in [6.07, 6.45) is -2.00. The predicted octanol–water partition coefficient (Wildman–Crippen LogP) is 2.88. The number of carbonyl (C=O) groups excluding carboxylic acids is 1. The molecular weight excluding hydrogens is 455 g/mol. The maximum absolute atomic E-state index is 12.8. The van der Waals surface area contributed by atoms with Crippen molar-refractivity contribution in [2.24, 2.45) is 5.92 Å². The maximum Gasteiger partial charge on any atom is 0.411 e. The minimum absolute atomic E-state index is 0.0696. The Labute approximate surface area is 194 Å². The summed E-state index contributed by atoms with van der Waals surface area (Å²) in [5.41, 5.74) is 1.69. The predicted molar refractivity (Wildman–Crippen MR) is 113 cm³/mol. The van der Waals surface area contributed by atoms with Crippen molar-refractivity contribution in [3.8, 4) is 11.6 Å². The highest BCUT2D eigenvalue weighted by molar-refractivity contribution is 5.92. The summed E-state index contributed by atoms with van der Waals surface area (Å²) in [6.45, 7) is 0.974. The number of nitrogens with one attached hydrogen (secondary N) is 1. The number of aromatic nitrogens is 2. The number of hydrogen-bond acceptors (Lipinski definition) is 6. The van der Waals surface area contributed by atoms with E-state index in [1.807, 2.05) is 0 Å². The van der Waals surface area contributed by atoms with Gasteiger partial charge in [-0.05, 0) is 36.1 Å². The SMILES string of the molecule is O=C(NC1COc2ccc(COCC(F)(F)F)cc2C1)c1cc2n(n1)CCC(C1CCOC1)O2. The van der Waals surface area contributed by atoms with Gasteiger partial charge in [0.25, 0.3) is 5.91 Å². The minimum atomic E-state index is -4.37. The van der Waals surface area contributed by atoms with Crippen LogP contribution in [0.1, 0.15) is 34.5 Å². The Kier molecular flexibility index (Phi) is 6.39. The number of ether oxygens (including phenoxy) is 4. The van der Waals surface area contributed by atoms with Crippen molar-refractivity contribution in [1.82, 2.24) is 15.1 Å². The molecule has 0 bridgehead atoms. The molecule has 4 heterocycles. The molecule has 1 aromatic heterocycles. The van der Waals surface area contributed by atoms with E-state index >= 15 is 0 Å². The molecule has 1 N–H and O–H groups in total. The molecule has 2 aromatic rings. The number of fused-ring (bicyclic) bond motifs is 2. The molecule has 3 atom stereocenters. The molecule has 184 valence electrons. The standard InChI is InChI=1S/C23H26F3N3O5/c24-23(25,26)13-32-10-14-1-2-19-16(7-14)8-17(12-33-19)27-22(30)18-9-21-29(28-18)5-3-20(34-21)15-4-6-31-11-15/h1-2,7,9,15,17,20H,3-6,8,10-13H2,(H,27,30). The van der Waals surface area contributed by atoms with Gasteiger partial charge in [-0.25, -0.2) is 4.68 Å². The molecule has 1 fully saturated rings. The van der Waals surface area contributed by atoms with Gasteiger partial charge >= 0.3 is 6.18 Å². The smallest absolute Gasteiger partial charge is 0.411 e. The first-order chi connectivity index (χ1) is 16.3. The lowest BCUT2D eigenvalue weighted by Gasteiger charge is -2.28. The van der Waals surface area contributed by atoms with E-state index in [1.165, 1.54) is 0 Å². The van der Waals surface area contributed by atoms with E-state index in [1.54, 1.807) is 28.9 Å². The van der Waals surface area contributed by atoms with E-state index in [9.17, 15) is 18.0 Å². The Morgan fingerprint density at radius 2 is 2.12 bits per heavy atom. The van der Waals surface area contributed by atoms with Crippen molar-refractivity contribution in [3.05, 3.63) is 41.1 Å². The molecule has 1 saturated heterocycles. The van der Waals surface area contributed by atoms with Crippen LogP contribution in [0.3, 0.4) is 0 Å². The lowest BCUT2D eigenvalue weighted by molar-refractivity contribution is -0.176. The van der Waals surface area contributed by atoms with Gasteiger partial charge in [-0.2, -0.15) is 18.3 Å². The molecule has 1 aromatic carbocycles. The lowest BCUT2D eigenvalue weighted by atomic mass is 9.98. The Balaban J connectivity index is 1.18. The summed E-state index contributed by atoms with van der Waals surface area (Å²) in [7, 11) is 0. The van der Waals surface area contributed by atoms with Crippen LogP contribution < -0.4 is 14.8 Å². The summed E-state index contributed by atoms with van der Waals surface area (Å²) in [6, 6.07) is 6.50. The second-order valence-corrected chi connectivity index (χ2v) is 8.90. The van der Waals surface area contributed by atoms with Crippen LogP contribution in [0.5, 0.6) is 11.6 Å². The van der Waals surface area contributed by atoms with Crippen molar-refractivity contribution in [1.29, 1.82) is 0 Å². The average molecular weight is 481 g/mol. The van der Waals surface area contributed by atoms with Crippen LogP contribution in [0.15, 0.2) is 24.3 Å². The molecule has 34 heavy (non-hydrogen) atoms. The van der Waals surface area contributed by atoms with Gasteiger partial charge in [0, 0.05) is 31.6 Å². The van der Waals surface area contributed by atoms with Crippen LogP contribution in [0.25, 0.3) is 0 Å². The van der Waals surface area contributed by atoms with E-state index in [4.69, 9.17) is 18.9 Å². The van der Waals surface area contributed by atoms with E-state index in [0.717, 1.165) is 25.0 Å². The van der Waals surface area contributed by atoms with Gasteiger partial charge in [-0.1, -0.05) is 6.07 Å². The van der Waals surface area contributed by atoms with Gasteiger partial charge in [0.15, 0.2) is 5.69 Å². The lowest BCUT2D eigenvalue weighted by Crippen LogP contribution is -2.43. The summed E-state index contributed by atoms with van der Waals surface area (Å²) in [4.78, 5) is 12.8. The largest absolute Gasteiger partial charge is 0.491 e. The Morgan fingerprint density at radius 1 is 1.24 bits per heavy atom. The van der Waals surface area contributed by atoms with E-state index in [-0.39, 0.29) is 37.0 Å². The third-order valence-corrected chi connectivity index (χ3v) is 6.26. The minimum Gasteiger partial charge on any atom is -0.491 e. The number of aryl methyl sites for hydroxylation is 1. The Hall–Kier alpha value is -2.79. The van der Waals surface area contributed by atoms with Crippen LogP contribution in [0.4, 0.5) is 13.2 Å². The number of rotatable bonds is 6. The van der Waals surface area contributed by atoms with E-state index in [2.05, 4.69) is 10.4 Å². The van der Waals surface area contributed by atoms with Crippen LogP contribution in [0, 0.1) is 5.92 Å². The molecule has 8 nitrogen and oxygen atoms in total. The number of nitrogens with zero attached hydrogens (tertiary/aromatic N) is 2. The monoisotopic (exact) mass is 481 g/mol. The highest BCUT2D eigenvalue weighted by atomic mass is 19.4. The molecule has 3 aliphatic heterocycles. The topological polar surface area (TPSA) is 83.8 Å². The first-order valence-corrected chi connectivity index (χ1v) is 11.4. The average Bonchev–Trinajstić information content (AvgIpc) is 3.47. The number of benzene rings is 1. The van der Waals surface area contributed by atoms with Gasteiger partial charge < -0.3 is 24.3 Å². The molecule has 0 aliphatic carbocycles. The summed E-state index contributed by atoms with van der Waals surface area (Å²) in [5, 5.41) is 7.33. The molecule has 0 spiro atoms. The molecule has 3 unspecified atom stereocenters. The number of alkyl halides is 3. The molecule has 11 heteroatoms. The highest BCUT2D eigenvalue weighted by Gasteiger charge is 2.32. The third kappa shape index (κ3) is 5.30. The molecule has 3 aliphatic rings. The van der Waals surface area contributed by atoms with Crippen molar-refractivity contribution in [2.75, 3.05) is 26.4 Å². The zero-order chi connectivity index (χ0) is 23.7. The number of carbonyl (C=O) groups is 1. The number of hydrogen-bond donors (Lipinski definition) is 1. The zero-order valence-electron chi connectivity index (χ0n) is 18.5. The Bertz CT molecular complexity index is 1040. The van der Waals surface area contributed by atoms with Crippen molar-refractivity contribution >= 4 is 5.91 Å². The number of halogens is 3.